The lowest BCUT2D eigenvalue weighted by atomic mass is 10.2. The van der Waals surface area contributed by atoms with E-state index < -0.39 is 9.84 Å². The van der Waals surface area contributed by atoms with Gasteiger partial charge in [0.25, 0.3) is 0 Å². The first-order valence-corrected chi connectivity index (χ1v) is 9.73. The fourth-order valence-corrected chi connectivity index (χ4v) is 3.89. The molecular weight excluding hydrogens is 332 g/mol. The molecular formula is C21H24O3S. The number of allylic oxidation sites excluding steroid dienone is 2. The standard InChI is InChI=1S/C21H24O3S/c1-4-18(3)21(16-24-15-14-19-8-6-5-7-9-19)25(22,23)20-12-10-17(2)11-13-20/h4-13,16,18H,1,14-15H2,2-3H3/b21-16+. The van der Waals surface area contributed by atoms with Crippen molar-refractivity contribution in [3.8, 4) is 0 Å². The summed E-state index contributed by atoms with van der Waals surface area (Å²) in [4.78, 5) is 0.490. The Balaban J connectivity index is 2.17. The summed E-state index contributed by atoms with van der Waals surface area (Å²) in [6.45, 7) is 7.85. The topological polar surface area (TPSA) is 43.4 Å². The van der Waals surface area contributed by atoms with Crippen LogP contribution in [0.5, 0.6) is 0 Å². The second kappa shape index (κ2) is 8.67. The van der Waals surface area contributed by atoms with Gasteiger partial charge in [0.2, 0.25) is 9.84 Å². The minimum Gasteiger partial charge on any atom is -0.500 e. The van der Waals surface area contributed by atoms with Gasteiger partial charge in [-0.1, -0.05) is 61.0 Å². The molecule has 0 saturated heterocycles. The molecule has 3 nitrogen and oxygen atoms in total. The Kier molecular flexibility index (Phi) is 6.59. The van der Waals surface area contributed by atoms with Gasteiger partial charge in [0.1, 0.15) is 0 Å². The van der Waals surface area contributed by atoms with E-state index in [4.69, 9.17) is 4.74 Å². The van der Waals surface area contributed by atoms with Crippen molar-refractivity contribution in [1.82, 2.24) is 0 Å². The number of rotatable bonds is 8. The van der Waals surface area contributed by atoms with Crippen LogP contribution in [-0.4, -0.2) is 15.0 Å². The Bertz CT molecular complexity index is 819. The number of aryl methyl sites for hydroxylation is 1. The maximum atomic E-state index is 12.9. The van der Waals surface area contributed by atoms with Gasteiger partial charge in [0, 0.05) is 12.3 Å². The van der Waals surface area contributed by atoms with Crippen molar-refractivity contribution in [2.75, 3.05) is 6.61 Å². The van der Waals surface area contributed by atoms with Crippen LogP contribution in [-0.2, 0) is 21.0 Å². The molecule has 1 unspecified atom stereocenters. The van der Waals surface area contributed by atoms with Gasteiger partial charge in [0.05, 0.1) is 22.7 Å². The average molecular weight is 356 g/mol. The Hall–Kier alpha value is -2.33. The molecule has 0 aliphatic rings. The molecule has 0 N–H and O–H groups in total. The molecule has 0 amide bonds. The van der Waals surface area contributed by atoms with E-state index >= 15 is 0 Å². The van der Waals surface area contributed by atoms with Crippen molar-refractivity contribution in [2.45, 2.75) is 25.2 Å². The zero-order chi connectivity index (χ0) is 18.3. The molecule has 25 heavy (non-hydrogen) atoms. The van der Waals surface area contributed by atoms with E-state index in [1.54, 1.807) is 37.3 Å². The van der Waals surface area contributed by atoms with Gasteiger partial charge in [-0.3, -0.25) is 0 Å². The minimum atomic E-state index is -3.61. The maximum Gasteiger partial charge on any atom is 0.206 e. The summed E-state index contributed by atoms with van der Waals surface area (Å²) in [5.74, 6) is -0.331. The first-order valence-electron chi connectivity index (χ1n) is 8.25. The summed E-state index contributed by atoms with van der Waals surface area (Å²) in [7, 11) is -3.61. The smallest absolute Gasteiger partial charge is 0.206 e. The van der Waals surface area contributed by atoms with Gasteiger partial charge in [0.15, 0.2) is 0 Å². The fraction of sp³-hybridized carbons (Fsp3) is 0.238. The van der Waals surface area contributed by atoms with Crippen LogP contribution in [0, 0.1) is 12.8 Å². The number of hydrogen-bond acceptors (Lipinski definition) is 3. The van der Waals surface area contributed by atoms with Crippen LogP contribution in [0.15, 0.2) is 83.3 Å². The van der Waals surface area contributed by atoms with Crippen LogP contribution in [0.1, 0.15) is 18.1 Å². The summed E-state index contributed by atoms with van der Waals surface area (Å²) in [6, 6.07) is 16.8. The summed E-state index contributed by atoms with van der Waals surface area (Å²) in [6.07, 6.45) is 3.69. The Morgan fingerprint density at radius 3 is 2.36 bits per heavy atom. The summed E-state index contributed by atoms with van der Waals surface area (Å²) < 4.78 is 31.4. The third-order valence-electron chi connectivity index (χ3n) is 3.99. The molecule has 0 spiro atoms. The predicted molar refractivity (Wildman–Crippen MR) is 102 cm³/mol. The normalized spacial score (nSPS) is 13.3. The van der Waals surface area contributed by atoms with E-state index in [-0.39, 0.29) is 15.7 Å². The fourth-order valence-electron chi connectivity index (χ4n) is 2.35. The highest BCUT2D eigenvalue weighted by atomic mass is 32.2. The van der Waals surface area contributed by atoms with Crippen LogP contribution in [0.25, 0.3) is 0 Å². The molecule has 2 aromatic rings. The highest BCUT2D eigenvalue weighted by Crippen LogP contribution is 2.26. The Morgan fingerprint density at radius 2 is 1.76 bits per heavy atom. The average Bonchev–Trinajstić information content (AvgIpc) is 2.62. The monoisotopic (exact) mass is 356 g/mol. The first-order chi connectivity index (χ1) is 11.9. The molecule has 2 aromatic carbocycles. The SMILES string of the molecule is C=CC(C)/C(=C\OCCc1ccccc1)S(=O)(=O)c1ccc(C)cc1. The van der Waals surface area contributed by atoms with E-state index in [0.29, 0.717) is 6.61 Å². The number of hydrogen-bond donors (Lipinski definition) is 0. The molecule has 0 fully saturated rings. The number of ether oxygens (including phenoxy) is 1. The van der Waals surface area contributed by atoms with Gasteiger partial charge in [-0.05, 0) is 24.6 Å². The van der Waals surface area contributed by atoms with Gasteiger partial charge < -0.3 is 4.74 Å². The van der Waals surface area contributed by atoms with E-state index in [0.717, 1.165) is 17.5 Å². The van der Waals surface area contributed by atoms with Gasteiger partial charge in [-0.2, -0.15) is 0 Å². The lowest BCUT2D eigenvalue weighted by Crippen LogP contribution is -2.12. The Morgan fingerprint density at radius 1 is 1.12 bits per heavy atom. The van der Waals surface area contributed by atoms with E-state index in [1.807, 2.05) is 37.3 Å². The highest BCUT2D eigenvalue weighted by Gasteiger charge is 2.24. The molecule has 0 aromatic heterocycles. The van der Waals surface area contributed by atoms with Crippen LogP contribution < -0.4 is 0 Å². The van der Waals surface area contributed by atoms with E-state index in [9.17, 15) is 8.42 Å². The highest BCUT2D eigenvalue weighted by molar-refractivity contribution is 7.95. The molecule has 0 aliphatic carbocycles. The summed E-state index contributed by atoms with van der Waals surface area (Å²) in [5.41, 5.74) is 2.16. The van der Waals surface area contributed by atoms with Crippen molar-refractivity contribution in [2.24, 2.45) is 5.92 Å². The second-order valence-corrected chi connectivity index (χ2v) is 7.92. The zero-order valence-electron chi connectivity index (χ0n) is 14.7. The van der Waals surface area contributed by atoms with Gasteiger partial charge in [-0.25, -0.2) is 8.42 Å². The number of sulfone groups is 1. The lowest BCUT2D eigenvalue weighted by Gasteiger charge is -2.14. The third kappa shape index (κ3) is 5.07. The Labute approximate surface area is 150 Å². The quantitative estimate of drug-likeness (QED) is 0.391. The molecule has 0 bridgehead atoms. The van der Waals surface area contributed by atoms with Crippen LogP contribution in [0.3, 0.4) is 0 Å². The molecule has 1 atom stereocenters. The molecule has 132 valence electrons. The molecule has 4 heteroatoms. The molecule has 2 rings (SSSR count). The van der Waals surface area contributed by atoms with E-state index in [2.05, 4.69) is 6.58 Å². The third-order valence-corrected chi connectivity index (χ3v) is 5.98. The molecule has 0 heterocycles. The largest absolute Gasteiger partial charge is 0.500 e. The zero-order valence-corrected chi connectivity index (χ0v) is 15.5. The van der Waals surface area contributed by atoms with Gasteiger partial charge >= 0.3 is 0 Å². The molecule has 0 saturated carbocycles. The maximum absolute atomic E-state index is 12.9. The van der Waals surface area contributed by atoms with Crippen LogP contribution >= 0.6 is 0 Å². The predicted octanol–water partition coefficient (Wildman–Crippen LogP) is 4.69. The first kappa shape index (κ1) is 19.0. The van der Waals surface area contributed by atoms with Crippen molar-refractivity contribution in [3.05, 3.63) is 89.5 Å². The van der Waals surface area contributed by atoms with Gasteiger partial charge in [-0.15, -0.1) is 6.58 Å². The number of benzene rings is 2. The van der Waals surface area contributed by atoms with E-state index in [1.165, 1.54) is 6.26 Å². The minimum absolute atomic E-state index is 0.222. The molecule has 0 aliphatic heterocycles. The van der Waals surface area contributed by atoms with Crippen LogP contribution in [0.2, 0.25) is 0 Å². The van der Waals surface area contributed by atoms with Crippen molar-refractivity contribution in [1.29, 1.82) is 0 Å². The van der Waals surface area contributed by atoms with Crippen LogP contribution in [0.4, 0.5) is 0 Å². The van der Waals surface area contributed by atoms with Crippen molar-refractivity contribution < 1.29 is 13.2 Å². The summed E-state index contributed by atoms with van der Waals surface area (Å²) >= 11 is 0. The lowest BCUT2D eigenvalue weighted by molar-refractivity contribution is 0.250. The van der Waals surface area contributed by atoms with Crippen molar-refractivity contribution >= 4 is 9.84 Å². The summed E-state index contributed by atoms with van der Waals surface area (Å²) in [5, 5.41) is 0. The second-order valence-electron chi connectivity index (χ2n) is 5.97. The molecule has 0 radical (unpaired) electrons. The van der Waals surface area contributed by atoms with Crippen molar-refractivity contribution in [3.63, 3.8) is 0 Å².